The molecular weight excluding hydrogens is 310 g/mol. The van der Waals surface area contributed by atoms with Crippen molar-refractivity contribution >= 4 is 24.8 Å². The lowest BCUT2D eigenvalue weighted by atomic mass is 9.94. The molecule has 0 spiro atoms. The van der Waals surface area contributed by atoms with Gasteiger partial charge in [-0.3, -0.25) is 4.90 Å². The van der Waals surface area contributed by atoms with Gasteiger partial charge in [-0.25, -0.2) is 4.39 Å². The third kappa shape index (κ3) is 5.26. The summed E-state index contributed by atoms with van der Waals surface area (Å²) in [6, 6.07) is 5.64. The molecule has 0 aliphatic carbocycles. The van der Waals surface area contributed by atoms with Crippen LogP contribution in [0, 0.1) is 12.7 Å². The predicted molar refractivity (Wildman–Crippen MR) is 92.2 cm³/mol. The molecule has 0 aromatic heterocycles. The smallest absolute Gasteiger partial charge is 0.126 e. The van der Waals surface area contributed by atoms with Gasteiger partial charge in [0.25, 0.3) is 0 Å². The number of rotatable bonds is 4. The van der Waals surface area contributed by atoms with E-state index in [1.807, 2.05) is 26.0 Å². The molecule has 1 saturated heterocycles. The van der Waals surface area contributed by atoms with Crippen molar-refractivity contribution < 1.29 is 4.39 Å². The Labute approximate surface area is 139 Å². The fourth-order valence-electron chi connectivity index (χ4n) is 2.74. The number of nitrogens with one attached hydrogen (secondary N) is 1. The maximum absolute atomic E-state index is 13.8. The Morgan fingerprint density at radius 3 is 2.52 bits per heavy atom. The summed E-state index contributed by atoms with van der Waals surface area (Å²) < 4.78 is 13.8. The predicted octanol–water partition coefficient (Wildman–Crippen LogP) is 3.89. The Morgan fingerprint density at radius 2 is 1.95 bits per heavy atom. The molecule has 1 aliphatic rings. The van der Waals surface area contributed by atoms with Crippen molar-refractivity contribution in [2.24, 2.45) is 0 Å². The zero-order valence-corrected chi connectivity index (χ0v) is 14.3. The van der Waals surface area contributed by atoms with Crippen LogP contribution in [0.3, 0.4) is 0 Å². The molecule has 2 nitrogen and oxygen atoms in total. The third-order valence-corrected chi connectivity index (χ3v) is 3.80. The van der Waals surface area contributed by atoms with Crippen LogP contribution in [0.2, 0.25) is 0 Å². The maximum Gasteiger partial charge on any atom is 0.126 e. The van der Waals surface area contributed by atoms with Gasteiger partial charge in [0.15, 0.2) is 0 Å². The standard InChI is InChI=1S/C16H23FN2.2ClH/c1-12(2)11-16(19-9-7-18-8-10-19)14-5-4-6-15(17)13(14)3;;/h4-6,16,18H,1,7-11H2,2-3H3;2*1H/t16-;;/m1../s1. The SMILES string of the molecule is C=C(C)C[C@H](c1cccc(F)c1C)N1CCNCC1.Cl.Cl. The Morgan fingerprint density at radius 1 is 1.33 bits per heavy atom. The van der Waals surface area contributed by atoms with E-state index in [-0.39, 0.29) is 36.7 Å². The second-order valence-electron chi connectivity index (χ2n) is 5.42. The number of halogens is 3. The highest BCUT2D eigenvalue weighted by Gasteiger charge is 2.24. The van der Waals surface area contributed by atoms with Crippen molar-refractivity contribution in [3.63, 3.8) is 0 Å². The van der Waals surface area contributed by atoms with Crippen molar-refractivity contribution in [2.75, 3.05) is 26.2 Å². The second-order valence-corrected chi connectivity index (χ2v) is 5.42. The molecule has 1 N–H and O–H groups in total. The molecule has 5 heteroatoms. The molecule has 1 aromatic rings. The van der Waals surface area contributed by atoms with E-state index in [9.17, 15) is 4.39 Å². The lowest BCUT2D eigenvalue weighted by Crippen LogP contribution is -2.45. The molecule has 1 atom stereocenters. The van der Waals surface area contributed by atoms with Gasteiger partial charge in [-0.05, 0) is 37.5 Å². The molecule has 1 heterocycles. The van der Waals surface area contributed by atoms with Crippen LogP contribution in [0.4, 0.5) is 4.39 Å². The van der Waals surface area contributed by atoms with Gasteiger partial charge in [0.2, 0.25) is 0 Å². The van der Waals surface area contributed by atoms with Crippen LogP contribution in [0.25, 0.3) is 0 Å². The van der Waals surface area contributed by atoms with E-state index in [1.54, 1.807) is 0 Å². The minimum Gasteiger partial charge on any atom is -0.314 e. The summed E-state index contributed by atoms with van der Waals surface area (Å²) in [4.78, 5) is 2.44. The zero-order valence-electron chi connectivity index (χ0n) is 12.7. The van der Waals surface area contributed by atoms with Crippen molar-refractivity contribution in [1.82, 2.24) is 10.2 Å². The van der Waals surface area contributed by atoms with Gasteiger partial charge >= 0.3 is 0 Å². The van der Waals surface area contributed by atoms with Crippen molar-refractivity contribution in [2.45, 2.75) is 26.3 Å². The first-order chi connectivity index (χ1) is 9.09. The van der Waals surface area contributed by atoms with Crippen LogP contribution in [0.1, 0.15) is 30.5 Å². The Kier molecular flexibility index (Phi) is 9.14. The van der Waals surface area contributed by atoms with E-state index in [2.05, 4.69) is 16.8 Å². The van der Waals surface area contributed by atoms with Gasteiger partial charge in [-0.15, -0.1) is 31.4 Å². The van der Waals surface area contributed by atoms with Crippen LogP contribution in [-0.4, -0.2) is 31.1 Å². The number of hydrogen-bond donors (Lipinski definition) is 1. The van der Waals surface area contributed by atoms with Crippen LogP contribution in [0.5, 0.6) is 0 Å². The highest BCUT2D eigenvalue weighted by molar-refractivity contribution is 5.85. The van der Waals surface area contributed by atoms with Gasteiger partial charge in [0, 0.05) is 32.2 Å². The van der Waals surface area contributed by atoms with E-state index in [4.69, 9.17) is 0 Å². The monoisotopic (exact) mass is 334 g/mol. The summed E-state index contributed by atoms with van der Waals surface area (Å²) in [5.41, 5.74) is 3.02. The summed E-state index contributed by atoms with van der Waals surface area (Å²) >= 11 is 0. The van der Waals surface area contributed by atoms with Crippen LogP contribution < -0.4 is 5.32 Å². The van der Waals surface area contributed by atoms with E-state index in [0.29, 0.717) is 0 Å². The van der Waals surface area contributed by atoms with Gasteiger partial charge in [-0.1, -0.05) is 17.7 Å². The molecule has 0 amide bonds. The highest BCUT2D eigenvalue weighted by Crippen LogP contribution is 2.30. The van der Waals surface area contributed by atoms with Gasteiger partial charge < -0.3 is 5.32 Å². The minimum atomic E-state index is -0.112. The van der Waals surface area contributed by atoms with Gasteiger partial charge in [0.05, 0.1) is 0 Å². The number of benzene rings is 1. The second kappa shape index (κ2) is 9.42. The van der Waals surface area contributed by atoms with Crippen LogP contribution >= 0.6 is 24.8 Å². The minimum absolute atomic E-state index is 0. The van der Waals surface area contributed by atoms with Crippen LogP contribution in [0.15, 0.2) is 30.4 Å². The first kappa shape index (κ1) is 20.4. The van der Waals surface area contributed by atoms with E-state index >= 15 is 0 Å². The number of hydrogen-bond acceptors (Lipinski definition) is 2. The molecule has 0 bridgehead atoms. The van der Waals surface area contributed by atoms with Crippen LogP contribution in [-0.2, 0) is 0 Å². The fourth-order valence-corrected chi connectivity index (χ4v) is 2.74. The normalized spacial score (nSPS) is 16.5. The molecule has 2 rings (SSSR count). The molecule has 0 unspecified atom stereocenters. The molecule has 1 aliphatic heterocycles. The largest absolute Gasteiger partial charge is 0.314 e. The number of piperazine rings is 1. The Balaban J connectivity index is 0.00000200. The first-order valence-electron chi connectivity index (χ1n) is 6.93. The molecule has 0 saturated carbocycles. The summed E-state index contributed by atoms with van der Waals surface area (Å²) in [5.74, 6) is -0.112. The molecular formula is C16H25Cl2FN2. The molecule has 0 radical (unpaired) electrons. The highest BCUT2D eigenvalue weighted by atomic mass is 35.5. The summed E-state index contributed by atoms with van der Waals surface area (Å²) in [6.07, 6.45) is 0.893. The van der Waals surface area contributed by atoms with Crippen molar-refractivity contribution in [3.05, 3.63) is 47.3 Å². The van der Waals surface area contributed by atoms with E-state index in [1.165, 1.54) is 6.07 Å². The Bertz CT molecular complexity index is 460. The lowest BCUT2D eigenvalue weighted by molar-refractivity contribution is 0.171. The average Bonchev–Trinajstić information content (AvgIpc) is 2.40. The Hall–Kier alpha value is -0.610. The summed E-state index contributed by atoms with van der Waals surface area (Å²) in [7, 11) is 0. The molecule has 21 heavy (non-hydrogen) atoms. The zero-order chi connectivity index (χ0) is 13.8. The fraction of sp³-hybridized carbons (Fsp3) is 0.500. The van der Waals surface area contributed by atoms with E-state index < -0.39 is 0 Å². The molecule has 1 fully saturated rings. The van der Waals surface area contributed by atoms with Gasteiger partial charge in [-0.2, -0.15) is 0 Å². The lowest BCUT2D eigenvalue weighted by Gasteiger charge is -2.36. The summed E-state index contributed by atoms with van der Waals surface area (Å²) in [5, 5.41) is 3.36. The summed E-state index contributed by atoms with van der Waals surface area (Å²) in [6.45, 7) is 12.0. The third-order valence-electron chi connectivity index (χ3n) is 3.80. The molecule has 1 aromatic carbocycles. The maximum atomic E-state index is 13.8. The first-order valence-corrected chi connectivity index (χ1v) is 6.93. The average molecular weight is 335 g/mol. The topological polar surface area (TPSA) is 15.3 Å². The quantitative estimate of drug-likeness (QED) is 0.840. The molecule has 120 valence electrons. The number of nitrogens with zero attached hydrogens (tertiary/aromatic N) is 1. The van der Waals surface area contributed by atoms with E-state index in [0.717, 1.165) is 49.3 Å². The van der Waals surface area contributed by atoms with Crippen molar-refractivity contribution in [3.8, 4) is 0 Å². The van der Waals surface area contributed by atoms with Gasteiger partial charge in [0.1, 0.15) is 5.82 Å². The van der Waals surface area contributed by atoms with Crippen molar-refractivity contribution in [1.29, 1.82) is 0 Å².